The number of carboxylic acid groups (broad SMARTS) is 1. The molecule has 1 aromatic heterocycles. The molecule has 1 atom stereocenters. The van der Waals surface area contributed by atoms with Crippen molar-refractivity contribution in [3.8, 4) is 0 Å². The second-order valence-electron chi connectivity index (χ2n) is 4.96. The van der Waals surface area contributed by atoms with Crippen LogP contribution in [0.5, 0.6) is 0 Å². The minimum Gasteiger partial charge on any atom is -0.480 e. The Balaban J connectivity index is 2.16. The fraction of sp³-hybridized carbons (Fsp3) is 0.250. The molecule has 0 saturated heterocycles. The quantitative estimate of drug-likeness (QED) is 0.748. The zero-order valence-corrected chi connectivity index (χ0v) is 15.1. The summed E-state index contributed by atoms with van der Waals surface area (Å²) >= 11 is 4.38. The van der Waals surface area contributed by atoms with E-state index in [1.165, 1.54) is 4.90 Å². The highest BCUT2D eigenvalue weighted by Gasteiger charge is 2.20. The van der Waals surface area contributed by atoms with E-state index >= 15 is 0 Å². The van der Waals surface area contributed by atoms with E-state index in [0.717, 1.165) is 11.8 Å². The Morgan fingerprint density at radius 2 is 2.00 bits per heavy atom. The summed E-state index contributed by atoms with van der Waals surface area (Å²) in [4.78, 5) is 25.9. The van der Waals surface area contributed by atoms with Gasteiger partial charge in [0.15, 0.2) is 4.67 Å². The van der Waals surface area contributed by atoms with Crippen molar-refractivity contribution >= 4 is 39.6 Å². The van der Waals surface area contributed by atoms with Gasteiger partial charge in [0.2, 0.25) is 0 Å². The van der Waals surface area contributed by atoms with Crippen LogP contribution in [-0.2, 0) is 11.3 Å². The summed E-state index contributed by atoms with van der Waals surface area (Å²) in [6, 6.07) is 10.6. The molecule has 5 nitrogen and oxygen atoms in total. The third kappa shape index (κ3) is 4.62. The number of benzene rings is 1. The zero-order valence-electron chi connectivity index (χ0n) is 12.7. The van der Waals surface area contributed by atoms with Gasteiger partial charge in [-0.2, -0.15) is 0 Å². The number of furan rings is 1. The van der Waals surface area contributed by atoms with Gasteiger partial charge in [0.05, 0.1) is 12.1 Å². The van der Waals surface area contributed by atoms with Gasteiger partial charge in [-0.1, -0.05) is 12.1 Å². The number of thioether (sulfide) groups is 1. The van der Waals surface area contributed by atoms with E-state index in [1.807, 2.05) is 0 Å². The number of hydrogen-bond acceptors (Lipinski definition) is 4. The summed E-state index contributed by atoms with van der Waals surface area (Å²) in [5.41, 5.74) is 0.485. The molecule has 2 rings (SSSR count). The predicted molar refractivity (Wildman–Crippen MR) is 91.6 cm³/mol. The van der Waals surface area contributed by atoms with Crippen LogP contribution in [0.4, 0.5) is 0 Å². The van der Waals surface area contributed by atoms with Crippen LogP contribution in [0.25, 0.3) is 0 Å². The van der Waals surface area contributed by atoms with E-state index < -0.39 is 11.2 Å². The average molecular weight is 398 g/mol. The van der Waals surface area contributed by atoms with Crippen molar-refractivity contribution in [2.24, 2.45) is 0 Å². The summed E-state index contributed by atoms with van der Waals surface area (Å²) < 4.78 is 6.02. The summed E-state index contributed by atoms with van der Waals surface area (Å²) in [5.74, 6) is -0.430. The molecule has 0 spiro atoms. The first-order chi connectivity index (χ1) is 10.9. The predicted octanol–water partition coefficient (Wildman–Crippen LogP) is 3.88. The zero-order chi connectivity index (χ0) is 17.0. The molecule has 0 saturated carbocycles. The highest BCUT2D eigenvalue weighted by molar-refractivity contribution is 9.10. The van der Waals surface area contributed by atoms with E-state index in [2.05, 4.69) is 15.9 Å². The molecule has 1 amide bonds. The molecule has 7 heteroatoms. The second-order valence-corrected chi connectivity index (χ2v) is 7.13. The number of nitrogens with zero attached hydrogens (tertiary/aromatic N) is 1. The van der Waals surface area contributed by atoms with Crippen LogP contribution in [0.3, 0.4) is 0 Å². The first-order valence-electron chi connectivity index (χ1n) is 6.86. The van der Waals surface area contributed by atoms with E-state index in [0.29, 0.717) is 27.4 Å². The maximum atomic E-state index is 12.6. The van der Waals surface area contributed by atoms with Crippen molar-refractivity contribution in [3.63, 3.8) is 0 Å². The Hall–Kier alpha value is -1.73. The molecule has 23 heavy (non-hydrogen) atoms. The molecule has 0 radical (unpaired) electrons. The fourth-order valence-corrected chi connectivity index (χ4v) is 3.20. The van der Waals surface area contributed by atoms with Crippen molar-refractivity contribution in [2.45, 2.75) is 23.6 Å². The van der Waals surface area contributed by atoms with Crippen molar-refractivity contribution in [1.29, 1.82) is 0 Å². The molecule has 0 aliphatic rings. The van der Waals surface area contributed by atoms with Gasteiger partial charge in [0, 0.05) is 11.9 Å². The molecular weight excluding hydrogens is 382 g/mol. The highest BCUT2D eigenvalue weighted by Crippen LogP contribution is 2.28. The monoisotopic (exact) mass is 397 g/mol. The lowest BCUT2D eigenvalue weighted by Gasteiger charge is -2.18. The largest absolute Gasteiger partial charge is 0.480 e. The number of carbonyl (C=O) groups is 2. The van der Waals surface area contributed by atoms with Gasteiger partial charge < -0.3 is 14.4 Å². The van der Waals surface area contributed by atoms with Crippen molar-refractivity contribution in [1.82, 2.24) is 4.90 Å². The number of rotatable bonds is 6. The van der Waals surface area contributed by atoms with Crippen molar-refractivity contribution in [2.75, 3.05) is 7.05 Å². The average Bonchev–Trinajstić information content (AvgIpc) is 2.92. The lowest BCUT2D eigenvalue weighted by Crippen LogP contribution is -2.26. The lowest BCUT2D eigenvalue weighted by molar-refractivity contribution is -0.136. The number of carbonyl (C=O) groups excluding carboxylic acids is 1. The number of aliphatic carboxylic acids is 1. The van der Waals surface area contributed by atoms with Gasteiger partial charge in [-0.25, -0.2) is 0 Å². The minimum atomic E-state index is -0.911. The van der Waals surface area contributed by atoms with Crippen molar-refractivity contribution in [3.05, 3.63) is 52.4 Å². The number of halogens is 1. The van der Waals surface area contributed by atoms with Crippen LogP contribution in [-0.4, -0.2) is 34.2 Å². The third-order valence-electron chi connectivity index (χ3n) is 3.14. The molecule has 1 heterocycles. The van der Waals surface area contributed by atoms with Gasteiger partial charge in [0.1, 0.15) is 11.0 Å². The molecule has 0 fully saturated rings. The molecule has 0 aliphatic carbocycles. The van der Waals surface area contributed by atoms with Gasteiger partial charge in [-0.15, -0.1) is 11.8 Å². The Bertz CT molecular complexity index is 716. The van der Waals surface area contributed by atoms with E-state index in [4.69, 9.17) is 9.52 Å². The number of hydrogen-bond donors (Lipinski definition) is 1. The minimum absolute atomic E-state index is 0.182. The fourth-order valence-electron chi connectivity index (χ4n) is 1.93. The van der Waals surface area contributed by atoms with Crippen LogP contribution in [0, 0.1) is 0 Å². The van der Waals surface area contributed by atoms with Crippen LogP contribution in [0.2, 0.25) is 0 Å². The van der Waals surface area contributed by atoms with Gasteiger partial charge in [-0.3, -0.25) is 9.59 Å². The van der Waals surface area contributed by atoms with Crippen molar-refractivity contribution < 1.29 is 19.1 Å². The van der Waals surface area contributed by atoms with Gasteiger partial charge >= 0.3 is 5.97 Å². The van der Waals surface area contributed by atoms with E-state index in [1.54, 1.807) is 50.4 Å². The molecule has 0 aliphatic heterocycles. The summed E-state index contributed by atoms with van der Waals surface area (Å²) in [7, 11) is 1.68. The van der Waals surface area contributed by atoms with Crippen LogP contribution < -0.4 is 0 Å². The smallest absolute Gasteiger partial charge is 0.316 e. The maximum Gasteiger partial charge on any atom is 0.316 e. The molecular formula is C16H16BrNO4S. The highest BCUT2D eigenvalue weighted by atomic mass is 79.9. The molecule has 1 N–H and O–H groups in total. The molecule has 1 unspecified atom stereocenters. The Morgan fingerprint density at radius 3 is 2.61 bits per heavy atom. The first-order valence-corrected chi connectivity index (χ1v) is 8.54. The SMILES string of the molecule is CC(Sc1ccccc1C(=O)N(C)Cc1ccc(Br)o1)C(=O)O. The van der Waals surface area contributed by atoms with Gasteiger partial charge in [0.25, 0.3) is 5.91 Å². The summed E-state index contributed by atoms with van der Waals surface area (Å²) in [6.07, 6.45) is 0. The lowest BCUT2D eigenvalue weighted by atomic mass is 10.2. The topological polar surface area (TPSA) is 70.8 Å². The molecule has 1 aromatic carbocycles. The normalized spacial score (nSPS) is 12.0. The van der Waals surface area contributed by atoms with E-state index in [9.17, 15) is 9.59 Å². The number of amides is 1. The molecule has 2 aromatic rings. The molecule has 122 valence electrons. The Morgan fingerprint density at radius 1 is 1.30 bits per heavy atom. The summed E-state index contributed by atoms with van der Waals surface area (Å²) in [5, 5.41) is 8.42. The second kappa shape index (κ2) is 7.70. The maximum absolute atomic E-state index is 12.6. The molecule has 0 bridgehead atoms. The Labute approximate surface area is 146 Å². The third-order valence-corrected chi connectivity index (χ3v) is 4.73. The number of carboxylic acids is 1. The van der Waals surface area contributed by atoms with E-state index in [-0.39, 0.29) is 5.91 Å². The van der Waals surface area contributed by atoms with Gasteiger partial charge in [-0.05, 0) is 47.1 Å². The van der Waals surface area contributed by atoms with Crippen LogP contribution in [0.15, 0.2) is 50.4 Å². The van der Waals surface area contributed by atoms with Crippen LogP contribution >= 0.6 is 27.7 Å². The summed E-state index contributed by atoms with van der Waals surface area (Å²) in [6.45, 7) is 1.93. The standard InChI is InChI=1S/C16H16BrNO4S/c1-10(16(20)21)23-13-6-4-3-5-12(13)15(19)18(2)9-11-7-8-14(17)22-11/h3-8,10H,9H2,1-2H3,(H,20,21). The van der Waals surface area contributed by atoms with Crippen LogP contribution in [0.1, 0.15) is 23.0 Å². The Kier molecular flexibility index (Phi) is 5.90. The first kappa shape index (κ1) is 17.6.